The Hall–Kier alpha value is -2.44. The van der Waals surface area contributed by atoms with Crippen LogP contribution in [0.4, 0.5) is 0 Å². The van der Waals surface area contributed by atoms with Gasteiger partial charge in [0.05, 0.1) is 5.39 Å². The number of carboxylic acids is 1. The molecule has 0 aliphatic rings. The van der Waals surface area contributed by atoms with Crippen LogP contribution in [0.1, 0.15) is 13.0 Å². The lowest BCUT2D eigenvalue weighted by Gasteiger charge is -2.09. The summed E-state index contributed by atoms with van der Waals surface area (Å²) in [7, 11) is 0. The normalized spacial score (nSPS) is 12.5. The molecule has 17 heavy (non-hydrogen) atoms. The number of H-pyrrole nitrogens is 1. The average molecular weight is 235 g/mol. The molecule has 2 heterocycles. The lowest BCUT2D eigenvalue weighted by molar-refractivity contribution is -0.140. The highest BCUT2D eigenvalue weighted by molar-refractivity contribution is 5.74. The maximum absolute atomic E-state index is 11.9. The summed E-state index contributed by atoms with van der Waals surface area (Å²) in [5, 5.41) is 9.01. The van der Waals surface area contributed by atoms with Gasteiger partial charge in [-0.05, 0) is 19.1 Å². The van der Waals surface area contributed by atoms with Gasteiger partial charge in [0.2, 0.25) is 0 Å². The fraction of sp³-hybridized carbons (Fsp3) is 0.200. The Morgan fingerprint density at radius 3 is 2.88 bits per heavy atom. The van der Waals surface area contributed by atoms with Gasteiger partial charge in [-0.2, -0.15) is 0 Å². The van der Waals surface area contributed by atoms with Crippen LogP contribution < -0.4 is 11.2 Å². The van der Waals surface area contributed by atoms with Crippen LogP contribution in [0.25, 0.3) is 11.0 Å². The molecule has 0 spiro atoms. The molecule has 0 saturated carbocycles. The van der Waals surface area contributed by atoms with Crippen molar-refractivity contribution in [2.45, 2.75) is 13.0 Å². The topological polar surface area (TPSA) is 105 Å². The first-order valence-electron chi connectivity index (χ1n) is 4.84. The van der Waals surface area contributed by atoms with E-state index in [2.05, 4.69) is 9.97 Å². The molecule has 2 N–H and O–H groups in total. The summed E-state index contributed by atoms with van der Waals surface area (Å²) < 4.78 is 0.659. The third-order valence-electron chi connectivity index (χ3n) is 2.45. The molecule has 2 aromatic heterocycles. The predicted molar refractivity (Wildman–Crippen MR) is 59.0 cm³/mol. The van der Waals surface area contributed by atoms with Gasteiger partial charge in [0, 0.05) is 6.20 Å². The second-order valence-corrected chi connectivity index (χ2v) is 3.52. The van der Waals surface area contributed by atoms with E-state index in [1.165, 1.54) is 25.3 Å². The van der Waals surface area contributed by atoms with E-state index < -0.39 is 23.3 Å². The molecule has 0 amide bonds. The van der Waals surface area contributed by atoms with E-state index in [4.69, 9.17) is 5.11 Å². The SMILES string of the molecule is CC(C(=O)O)n1c(=O)[nH]c2ncccc2c1=O. The third-order valence-corrected chi connectivity index (χ3v) is 2.45. The summed E-state index contributed by atoms with van der Waals surface area (Å²) in [6.07, 6.45) is 1.43. The van der Waals surface area contributed by atoms with Crippen molar-refractivity contribution in [1.29, 1.82) is 0 Å². The van der Waals surface area contributed by atoms with E-state index in [1.807, 2.05) is 0 Å². The molecule has 0 aromatic carbocycles. The van der Waals surface area contributed by atoms with Gasteiger partial charge in [0.1, 0.15) is 11.7 Å². The van der Waals surface area contributed by atoms with Crippen LogP contribution in [-0.4, -0.2) is 25.6 Å². The zero-order valence-corrected chi connectivity index (χ0v) is 8.88. The maximum Gasteiger partial charge on any atom is 0.330 e. The molecule has 2 aromatic rings. The summed E-state index contributed by atoms with van der Waals surface area (Å²) in [5.41, 5.74) is -1.29. The van der Waals surface area contributed by atoms with Crippen LogP contribution in [0.2, 0.25) is 0 Å². The Labute approximate surface area is 94.4 Å². The van der Waals surface area contributed by atoms with Gasteiger partial charge in [-0.1, -0.05) is 0 Å². The molecule has 0 saturated heterocycles. The van der Waals surface area contributed by atoms with Crippen LogP contribution >= 0.6 is 0 Å². The highest BCUT2D eigenvalue weighted by Crippen LogP contribution is 2.03. The molecule has 0 bridgehead atoms. The zero-order valence-electron chi connectivity index (χ0n) is 8.88. The Bertz CT molecular complexity index is 700. The zero-order chi connectivity index (χ0) is 12.6. The van der Waals surface area contributed by atoms with Crippen molar-refractivity contribution in [3.05, 3.63) is 39.2 Å². The van der Waals surface area contributed by atoms with E-state index in [0.717, 1.165) is 0 Å². The Morgan fingerprint density at radius 1 is 1.53 bits per heavy atom. The molecular formula is C10H9N3O4. The van der Waals surface area contributed by atoms with Crippen molar-refractivity contribution < 1.29 is 9.90 Å². The van der Waals surface area contributed by atoms with Gasteiger partial charge in [-0.25, -0.2) is 19.1 Å². The number of nitrogens with zero attached hydrogens (tertiary/aromatic N) is 2. The first-order valence-corrected chi connectivity index (χ1v) is 4.84. The molecular weight excluding hydrogens is 226 g/mol. The molecule has 0 radical (unpaired) electrons. The summed E-state index contributed by atoms with van der Waals surface area (Å²) in [6, 6.07) is 1.79. The number of hydrogen-bond donors (Lipinski definition) is 2. The second kappa shape index (κ2) is 3.85. The second-order valence-electron chi connectivity index (χ2n) is 3.52. The number of hydrogen-bond acceptors (Lipinski definition) is 4. The standard InChI is InChI=1S/C10H9N3O4/c1-5(9(15)16)13-8(14)6-3-2-4-11-7(6)12-10(13)17/h2-5H,1H3,(H,15,16)(H,11,12,17). The highest BCUT2D eigenvalue weighted by Gasteiger charge is 2.19. The minimum absolute atomic E-state index is 0.149. The fourth-order valence-electron chi connectivity index (χ4n) is 1.52. The van der Waals surface area contributed by atoms with E-state index in [-0.39, 0.29) is 11.0 Å². The van der Waals surface area contributed by atoms with Crippen LogP contribution in [0.5, 0.6) is 0 Å². The Morgan fingerprint density at radius 2 is 2.24 bits per heavy atom. The molecule has 1 unspecified atom stereocenters. The quantitative estimate of drug-likeness (QED) is 0.745. The molecule has 1 atom stereocenters. The fourth-order valence-corrected chi connectivity index (χ4v) is 1.52. The van der Waals surface area contributed by atoms with Crippen molar-refractivity contribution in [2.75, 3.05) is 0 Å². The first kappa shape index (κ1) is 11.1. The van der Waals surface area contributed by atoms with Crippen molar-refractivity contribution in [1.82, 2.24) is 14.5 Å². The monoisotopic (exact) mass is 235 g/mol. The van der Waals surface area contributed by atoms with Crippen LogP contribution in [0.3, 0.4) is 0 Å². The lowest BCUT2D eigenvalue weighted by Crippen LogP contribution is -2.39. The van der Waals surface area contributed by atoms with Gasteiger partial charge in [-0.15, -0.1) is 0 Å². The van der Waals surface area contributed by atoms with Crippen LogP contribution in [-0.2, 0) is 4.79 Å². The molecule has 0 fully saturated rings. The number of aromatic nitrogens is 3. The predicted octanol–water partition coefficient (Wildman–Crippen LogP) is -0.270. The Balaban J connectivity index is 2.86. The highest BCUT2D eigenvalue weighted by atomic mass is 16.4. The summed E-state index contributed by atoms with van der Waals surface area (Å²) in [5.74, 6) is -1.25. The number of fused-ring (bicyclic) bond motifs is 1. The summed E-state index contributed by atoms with van der Waals surface area (Å²) >= 11 is 0. The lowest BCUT2D eigenvalue weighted by atomic mass is 10.3. The van der Waals surface area contributed by atoms with Gasteiger partial charge in [0.25, 0.3) is 5.56 Å². The largest absolute Gasteiger partial charge is 0.480 e. The van der Waals surface area contributed by atoms with Gasteiger partial charge >= 0.3 is 11.7 Å². The van der Waals surface area contributed by atoms with Gasteiger partial charge < -0.3 is 5.11 Å². The number of carbonyl (C=O) groups is 1. The van der Waals surface area contributed by atoms with Crippen LogP contribution in [0.15, 0.2) is 27.9 Å². The summed E-state index contributed by atoms with van der Waals surface area (Å²) in [4.78, 5) is 40.6. The van der Waals surface area contributed by atoms with Crippen molar-refractivity contribution >= 4 is 17.0 Å². The number of pyridine rings is 1. The van der Waals surface area contributed by atoms with Gasteiger partial charge in [0.15, 0.2) is 0 Å². The molecule has 88 valence electrons. The number of carboxylic acid groups (broad SMARTS) is 1. The smallest absolute Gasteiger partial charge is 0.330 e. The number of nitrogens with one attached hydrogen (secondary N) is 1. The summed E-state index contributed by atoms with van der Waals surface area (Å²) in [6.45, 7) is 1.27. The Kier molecular flexibility index (Phi) is 2.51. The van der Waals surface area contributed by atoms with Crippen molar-refractivity contribution in [3.63, 3.8) is 0 Å². The van der Waals surface area contributed by atoms with Crippen molar-refractivity contribution in [3.8, 4) is 0 Å². The number of aromatic amines is 1. The van der Waals surface area contributed by atoms with E-state index in [9.17, 15) is 14.4 Å². The van der Waals surface area contributed by atoms with Crippen molar-refractivity contribution in [2.24, 2.45) is 0 Å². The molecule has 0 aliphatic heterocycles. The number of aliphatic carboxylic acids is 1. The van der Waals surface area contributed by atoms with Gasteiger partial charge in [-0.3, -0.25) is 9.78 Å². The van der Waals surface area contributed by atoms with Crippen LogP contribution in [0, 0.1) is 0 Å². The molecule has 2 rings (SSSR count). The molecule has 7 heteroatoms. The van der Waals surface area contributed by atoms with E-state index in [1.54, 1.807) is 0 Å². The average Bonchev–Trinajstić information content (AvgIpc) is 2.28. The minimum Gasteiger partial charge on any atom is -0.480 e. The molecule has 0 aliphatic carbocycles. The minimum atomic E-state index is -1.25. The molecule has 7 nitrogen and oxygen atoms in total. The number of rotatable bonds is 2. The maximum atomic E-state index is 11.9. The first-order chi connectivity index (χ1) is 8.02. The van der Waals surface area contributed by atoms with E-state index in [0.29, 0.717) is 4.57 Å². The third kappa shape index (κ3) is 1.71. The van der Waals surface area contributed by atoms with E-state index >= 15 is 0 Å².